The number of hydrogen-bond acceptors (Lipinski definition) is 6. The molecule has 3 rings (SSSR count). The molecule has 0 radical (unpaired) electrons. The highest BCUT2D eigenvalue weighted by molar-refractivity contribution is 7.91. The van der Waals surface area contributed by atoms with E-state index in [0.29, 0.717) is 43.2 Å². The summed E-state index contributed by atoms with van der Waals surface area (Å²) in [5, 5.41) is 0.314. The van der Waals surface area contributed by atoms with Crippen molar-refractivity contribution in [3.63, 3.8) is 0 Å². The molecule has 7 nitrogen and oxygen atoms in total. The molecule has 2 heterocycles. The number of rotatable bonds is 3. The number of ether oxygens (including phenoxy) is 1. The lowest BCUT2D eigenvalue weighted by molar-refractivity contribution is 0.121. The summed E-state index contributed by atoms with van der Waals surface area (Å²) in [6, 6.07) is 1.51. The zero-order chi connectivity index (χ0) is 21.5. The number of anilines is 1. The third kappa shape index (κ3) is 4.17. The maximum Gasteiger partial charge on any atom is 0.262 e. The molecular weight excluding hydrogens is 395 g/mol. The summed E-state index contributed by atoms with van der Waals surface area (Å²) in [5.74, 6) is -0.0432. The quantitative estimate of drug-likeness (QED) is 0.561. The fourth-order valence-corrected chi connectivity index (χ4v) is 3.81. The summed E-state index contributed by atoms with van der Waals surface area (Å²) in [5.41, 5.74) is 0.694. The molecule has 0 aliphatic carbocycles. The van der Waals surface area contributed by atoms with Gasteiger partial charge < -0.3 is 14.2 Å². The second-order valence-electron chi connectivity index (χ2n) is 8.19. The van der Waals surface area contributed by atoms with E-state index in [2.05, 4.69) is 9.38 Å². The van der Waals surface area contributed by atoms with Crippen LogP contribution in [0.2, 0.25) is 0 Å². The van der Waals surface area contributed by atoms with E-state index in [-0.39, 0.29) is 22.4 Å². The van der Waals surface area contributed by atoms with Gasteiger partial charge in [0.05, 0.1) is 29.7 Å². The van der Waals surface area contributed by atoms with Gasteiger partial charge in [0.15, 0.2) is 0 Å². The van der Waals surface area contributed by atoms with Crippen LogP contribution < -0.4 is 10.5 Å². The second kappa shape index (κ2) is 8.04. The van der Waals surface area contributed by atoms with Crippen LogP contribution in [0.5, 0.6) is 0 Å². The van der Waals surface area contributed by atoms with E-state index in [1.165, 1.54) is 10.6 Å². The lowest BCUT2D eigenvalue weighted by atomic mass is 10.0. The first-order chi connectivity index (χ1) is 13.5. The van der Waals surface area contributed by atoms with Crippen molar-refractivity contribution in [1.29, 1.82) is 0 Å². The first-order valence-electron chi connectivity index (χ1n) is 9.52. The van der Waals surface area contributed by atoms with E-state index in [4.69, 9.17) is 4.74 Å². The monoisotopic (exact) mass is 422 g/mol. The van der Waals surface area contributed by atoms with Crippen molar-refractivity contribution in [2.24, 2.45) is 11.4 Å². The Morgan fingerprint density at radius 1 is 1.34 bits per heavy atom. The molecule has 29 heavy (non-hydrogen) atoms. The fourth-order valence-electron chi connectivity index (χ4n) is 3.19. The van der Waals surface area contributed by atoms with Crippen molar-refractivity contribution < 1.29 is 13.7 Å². The summed E-state index contributed by atoms with van der Waals surface area (Å²) in [6.07, 6.45) is 0. The Kier molecular flexibility index (Phi) is 6.03. The SMILES string of the molecule is C/C(=N\[S@+]([O-])C(C)(C)C)c1c(F)c(C)cc2c(=O)n(C)c(N3CCOCC3)nc12. The number of hydrogen-bond donors (Lipinski definition) is 0. The van der Waals surface area contributed by atoms with Gasteiger partial charge in [0, 0.05) is 20.1 Å². The first kappa shape index (κ1) is 21.7. The number of aromatic nitrogens is 2. The molecule has 1 aromatic heterocycles. The summed E-state index contributed by atoms with van der Waals surface area (Å²) in [7, 11) is 1.66. The zero-order valence-electron chi connectivity index (χ0n) is 17.7. The minimum Gasteiger partial charge on any atom is -0.591 e. The molecule has 0 unspecified atom stereocenters. The van der Waals surface area contributed by atoms with Crippen molar-refractivity contribution in [2.75, 3.05) is 31.2 Å². The van der Waals surface area contributed by atoms with Gasteiger partial charge in [-0.15, -0.1) is 0 Å². The predicted octanol–water partition coefficient (Wildman–Crippen LogP) is 2.49. The van der Waals surface area contributed by atoms with Gasteiger partial charge in [0.2, 0.25) is 5.95 Å². The molecule has 1 saturated heterocycles. The van der Waals surface area contributed by atoms with Gasteiger partial charge in [-0.1, -0.05) is 4.40 Å². The van der Waals surface area contributed by atoms with Crippen molar-refractivity contribution in [3.8, 4) is 0 Å². The Labute approximate surface area is 172 Å². The minimum atomic E-state index is -1.56. The number of aryl methyl sites for hydroxylation is 1. The maximum atomic E-state index is 15.2. The van der Waals surface area contributed by atoms with Crippen LogP contribution in [0, 0.1) is 12.7 Å². The smallest absolute Gasteiger partial charge is 0.262 e. The van der Waals surface area contributed by atoms with E-state index >= 15 is 4.39 Å². The average Bonchev–Trinajstić information content (AvgIpc) is 2.66. The third-order valence-electron chi connectivity index (χ3n) is 4.86. The molecule has 9 heteroatoms. The highest BCUT2D eigenvalue weighted by Gasteiger charge is 2.29. The van der Waals surface area contributed by atoms with E-state index in [0.717, 1.165) is 0 Å². The van der Waals surface area contributed by atoms with Gasteiger partial charge in [-0.3, -0.25) is 9.36 Å². The predicted molar refractivity (Wildman–Crippen MR) is 115 cm³/mol. The van der Waals surface area contributed by atoms with Crippen molar-refractivity contribution >= 4 is 33.9 Å². The summed E-state index contributed by atoms with van der Waals surface area (Å²) in [6.45, 7) is 10.9. The summed E-state index contributed by atoms with van der Waals surface area (Å²) >= 11 is -1.56. The van der Waals surface area contributed by atoms with Crippen LogP contribution in [0.25, 0.3) is 10.9 Å². The van der Waals surface area contributed by atoms with Crippen LogP contribution in [0.1, 0.15) is 38.8 Å². The third-order valence-corrected chi connectivity index (χ3v) is 6.35. The second-order valence-corrected chi connectivity index (χ2v) is 10.1. The highest BCUT2D eigenvalue weighted by atomic mass is 32.2. The molecule has 1 atom stereocenters. The molecule has 0 amide bonds. The highest BCUT2D eigenvalue weighted by Crippen LogP contribution is 2.26. The van der Waals surface area contributed by atoms with Crippen molar-refractivity contribution in [3.05, 3.63) is 33.4 Å². The molecule has 1 aliphatic heterocycles. The van der Waals surface area contributed by atoms with Crippen LogP contribution in [-0.4, -0.2) is 50.9 Å². The lowest BCUT2D eigenvalue weighted by Gasteiger charge is -2.29. The number of nitrogens with zero attached hydrogens (tertiary/aromatic N) is 4. The molecule has 1 fully saturated rings. The zero-order valence-corrected chi connectivity index (χ0v) is 18.5. The topological polar surface area (TPSA) is 82.8 Å². The molecular formula is C20H27FN4O3S. The molecule has 2 aromatic rings. The molecule has 1 aliphatic rings. The van der Waals surface area contributed by atoms with Crippen LogP contribution in [0.4, 0.5) is 10.3 Å². The van der Waals surface area contributed by atoms with Gasteiger partial charge in [0.25, 0.3) is 5.56 Å². The van der Waals surface area contributed by atoms with E-state index in [9.17, 15) is 9.35 Å². The van der Waals surface area contributed by atoms with E-state index in [1.54, 1.807) is 41.7 Å². The number of fused-ring (bicyclic) bond motifs is 1. The molecule has 158 valence electrons. The minimum absolute atomic E-state index is 0.129. The largest absolute Gasteiger partial charge is 0.591 e. The molecule has 0 saturated carbocycles. The Bertz CT molecular complexity index is 1020. The lowest BCUT2D eigenvalue weighted by Crippen LogP contribution is -2.40. The summed E-state index contributed by atoms with van der Waals surface area (Å²) < 4.78 is 38.2. The summed E-state index contributed by atoms with van der Waals surface area (Å²) in [4.78, 5) is 19.7. The number of morpholine rings is 1. The van der Waals surface area contributed by atoms with E-state index < -0.39 is 21.9 Å². The van der Waals surface area contributed by atoms with Crippen LogP contribution in [0.15, 0.2) is 15.3 Å². The van der Waals surface area contributed by atoms with Crippen molar-refractivity contribution in [1.82, 2.24) is 9.55 Å². The Balaban J connectivity index is 2.28. The molecule has 0 N–H and O–H groups in total. The van der Waals surface area contributed by atoms with Crippen LogP contribution in [0.3, 0.4) is 0 Å². The average molecular weight is 423 g/mol. The molecule has 1 aromatic carbocycles. The maximum absolute atomic E-state index is 15.2. The van der Waals surface area contributed by atoms with Crippen molar-refractivity contribution in [2.45, 2.75) is 39.4 Å². The van der Waals surface area contributed by atoms with Gasteiger partial charge in [-0.2, -0.15) is 0 Å². The first-order valence-corrected chi connectivity index (χ1v) is 10.6. The van der Waals surface area contributed by atoms with E-state index in [1.807, 2.05) is 4.90 Å². The molecule has 0 spiro atoms. The number of halogens is 1. The van der Waals surface area contributed by atoms with Gasteiger partial charge in [-0.25, -0.2) is 9.37 Å². The Morgan fingerprint density at radius 3 is 2.55 bits per heavy atom. The van der Waals surface area contributed by atoms with Gasteiger partial charge >= 0.3 is 0 Å². The standard InChI is InChI=1S/C20H27FN4O3S/c1-12-11-14-17(15(16(12)21)13(2)23-29(27)20(3,4)5)22-19(24(6)18(14)26)25-7-9-28-10-8-25/h11H,7-10H2,1-6H3/b23-13+/t29-/m1/s1. The Morgan fingerprint density at radius 2 is 1.97 bits per heavy atom. The van der Waals surface area contributed by atoms with Crippen LogP contribution in [-0.2, 0) is 23.1 Å². The molecule has 0 bridgehead atoms. The van der Waals surface area contributed by atoms with Crippen LogP contribution >= 0.6 is 0 Å². The number of benzene rings is 1. The fraction of sp³-hybridized carbons (Fsp3) is 0.550. The van der Waals surface area contributed by atoms with Gasteiger partial charge in [0.1, 0.15) is 27.6 Å². The van der Waals surface area contributed by atoms with Gasteiger partial charge in [-0.05, 0) is 46.2 Å². The Hall–Kier alpha value is -1.97. The normalized spacial score (nSPS) is 17.1.